The van der Waals surface area contributed by atoms with Gasteiger partial charge in [-0.25, -0.2) is 8.78 Å². The highest BCUT2D eigenvalue weighted by molar-refractivity contribution is 5.46. The zero-order chi connectivity index (χ0) is 21.2. The number of alkyl halides is 2. The molecule has 0 radical (unpaired) electrons. The van der Waals surface area contributed by atoms with Crippen LogP contribution in [0.4, 0.5) is 8.78 Å². The molecule has 0 heterocycles. The predicted molar refractivity (Wildman–Crippen MR) is 120 cm³/mol. The van der Waals surface area contributed by atoms with Gasteiger partial charge in [0.1, 0.15) is 11.3 Å². The summed E-state index contributed by atoms with van der Waals surface area (Å²) in [6, 6.07) is 16.7. The number of hydrogen-bond acceptors (Lipinski definition) is 1. The first-order valence-corrected chi connectivity index (χ1v) is 11.8. The van der Waals surface area contributed by atoms with E-state index in [1.807, 2.05) is 18.2 Å². The van der Waals surface area contributed by atoms with Crippen LogP contribution in [0.1, 0.15) is 74.6 Å². The summed E-state index contributed by atoms with van der Waals surface area (Å²) in [6.45, 7) is 6.47. The number of hydrogen-bond donors (Lipinski definition) is 0. The molecule has 1 atom stereocenters. The van der Waals surface area contributed by atoms with Crippen molar-refractivity contribution in [3.05, 3.63) is 70.8 Å². The highest BCUT2D eigenvalue weighted by atomic mass is 19.1. The normalized spacial score (nSPS) is 19.6. The van der Waals surface area contributed by atoms with Crippen LogP contribution in [0.25, 0.3) is 0 Å². The Balaban J connectivity index is 1.48. The standard InChI is InChI=1S/C27H35F2N/c1-3-22(30(4-2)20-15-21-9-6-5-7-10-21)13-14-23-24(26(28)16-17-26)11-8-12-25(23)27(29)18-19-27/h5-12,22H,3-4,13-20H2,1-2H3. The Bertz CT molecular complexity index is 803. The number of benzene rings is 2. The Labute approximate surface area is 180 Å². The fourth-order valence-electron chi connectivity index (χ4n) is 4.93. The second-order valence-corrected chi connectivity index (χ2v) is 9.23. The van der Waals surface area contributed by atoms with E-state index in [9.17, 15) is 0 Å². The molecule has 0 bridgehead atoms. The maximum absolute atomic E-state index is 15.1. The maximum atomic E-state index is 15.1. The van der Waals surface area contributed by atoms with Gasteiger partial charge in [-0.15, -0.1) is 0 Å². The van der Waals surface area contributed by atoms with Gasteiger partial charge in [0.05, 0.1) is 0 Å². The molecule has 2 saturated carbocycles. The number of likely N-dealkylation sites (N-methyl/N-ethyl adjacent to an activating group) is 1. The molecule has 0 saturated heterocycles. The van der Waals surface area contributed by atoms with Gasteiger partial charge in [-0.1, -0.05) is 62.4 Å². The molecule has 2 aromatic rings. The largest absolute Gasteiger partial charge is 0.300 e. The lowest BCUT2D eigenvalue weighted by Gasteiger charge is -2.31. The molecule has 4 rings (SSSR count). The summed E-state index contributed by atoms with van der Waals surface area (Å²) in [5.74, 6) is 0. The molecule has 0 spiro atoms. The van der Waals surface area contributed by atoms with E-state index in [-0.39, 0.29) is 0 Å². The Morgan fingerprint density at radius 3 is 1.93 bits per heavy atom. The van der Waals surface area contributed by atoms with Gasteiger partial charge >= 0.3 is 0 Å². The van der Waals surface area contributed by atoms with Crippen LogP contribution in [0, 0.1) is 0 Å². The molecule has 30 heavy (non-hydrogen) atoms. The maximum Gasteiger partial charge on any atom is 0.136 e. The van der Waals surface area contributed by atoms with Crippen LogP contribution in [-0.2, 0) is 24.2 Å². The molecule has 2 fully saturated rings. The lowest BCUT2D eigenvalue weighted by atomic mass is 9.88. The minimum atomic E-state index is -1.21. The average Bonchev–Trinajstić information content (AvgIpc) is 3.70. The molecule has 0 aliphatic heterocycles. The Morgan fingerprint density at radius 1 is 0.833 bits per heavy atom. The van der Waals surface area contributed by atoms with Crippen molar-refractivity contribution in [2.75, 3.05) is 13.1 Å². The molecule has 3 heteroatoms. The van der Waals surface area contributed by atoms with Gasteiger partial charge in [0.25, 0.3) is 0 Å². The van der Waals surface area contributed by atoms with E-state index in [1.54, 1.807) is 0 Å². The fraction of sp³-hybridized carbons (Fsp3) is 0.556. The van der Waals surface area contributed by atoms with Gasteiger partial charge in [-0.2, -0.15) is 0 Å². The van der Waals surface area contributed by atoms with Gasteiger partial charge in [-0.05, 0) is 80.2 Å². The van der Waals surface area contributed by atoms with Crippen LogP contribution in [0.5, 0.6) is 0 Å². The van der Waals surface area contributed by atoms with Crippen LogP contribution in [0.3, 0.4) is 0 Å². The van der Waals surface area contributed by atoms with E-state index < -0.39 is 11.3 Å². The van der Waals surface area contributed by atoms with E-state index in [4.69, 9.17) is 0 Å². The quantitative estimate of drug-likeness (QED) is 0.389. The molecular formula is C27H35F2N. The van der Waals surface area contributed by atoms with E-state index in [0.717, 1.165) is 55.5 Å². The first-order chi connectivity index (χ1) is 14.5. The third kappa shape index (κ3) is 4.61. The second-order valence-electron chi connectivity index (χ2n) is 9.23. The highest BCUT2D eigenvalue weighted by Crippen LogP contribution is 2.56. The summed E-state index contributed by atoms with van der Waals surface area (Å²) in [5.41, 5.74) is 1.44. The Morgan fingerprint density at radius 2 is 1.43 bits per heavy atom. The van der Waals surface area contributed by atoms with Crippen molar-refractivity contribution in [2.45, 2.75) is 82.6 Å². The summed E-state index contributed by atoms with van der Waals surface area (Å²) < 4.78 is 30.2. The minimum Gasteiger partial charge on any atom is -0.300 e. The molecule has 0 amide bonds. The second kappa shape index (κ2) is 8.78. The number of nitrogens with zero attached hydrogens (tertiary/aromatic N) is 1. The average molecular weight is 412 g/mol. The van der Waals surface area contributed by atoms with Crippen LogP contribution in [0.2, 0.25) is 0 Å². The first-order valence-electron chi connectivity index (χ1n) is 11.8. The molecule has 0 aromatic heterocycles. The van der Waals surface area contributed by atoms with Crippen LogP contribution in [0.15, 0.2) is 48.5 Å². The Kier molecular flexibility index (Phi) is 6.29. The van der Waals surface area contributed by atoms with Gasteiger partial charge in [0.15, 0.2) is 0 Å². The summed E-state index contributed by atoms with van der Waals surface area (Å²) >= 11 is 0. The fourth-order valence-corrected chi connectivity index (χ4v) is 4.93. The van der Waals surface area contributed by atoms with Crippen molar-refractivity contribution in [3.8, 4) is 0 Å². The summed E-state index contributed by atoms with van der Waals surface area (Å²) in [4.78, 5) is 2.54. The zero-order valence-corrected chi connectivity index (χ0v) is 18.5. The molecule has 1 unspecified atom stereocenters. The topological polar surface area (TPSA) is 3.24 Å². The van der Waals surface area contributed by atoms with Crippen molar-refractivity contribution in [2.24, 2.45) is 0 Å². The molecule has 2 aromatic carbocycles. The summed E-state index contributed by atoms with van der Waals surface area (Å²) in [5, 5.41) is 0. The Hall–Kier alpha value is -1.74. The van der Waals surface area contributed by atoms with E-state index >= 15 is 8.78 Å². The molecule has 0 N–H and O–H groups in total. The molecule has 2 aliphatic carbocycles. The van der Waals surface area contributed by atoms with Crippen molar-refractivity contribution in [3.63, 3.8) is 0 Å². The van der Waals surface area contributed by atoms with E-state index in [1.165, 1.54) is 5.56 Å². The van der Waals surface area contributed by atoms with Crippen molar-refractivity contribution in [1.29, 1.82) is 0 Å². The third-order valence-electron chi connectivity index (χ3n) is 7.17. The molecular weight excluding hydrogens is 376 g/mol. The summed E-state index contributed by atoms with van der Waals surface area (Å²) in [7, 11) is 0. The molecule has 2 aliphatic rings. The number of rotatable bonds is 11. The van der Waals surface area contributed by atoms with E-state index in [2.05, 4.69) is 49.1 Å². The zero-order valence-electron chi connectivity index (χ0n) is 18.5. The molecule has 1 nitrogen and oxygen atoms in total. The van der Waals surface area contributed by atoms with Crippen molar-refractivity contribution >= 4 is 0 Å². The third-order valence-corrected chi connectivity index (χ3v) is 7.17. The van der Waals surface area contributed by atoms with E-state index in [0.29, 0.717) is 31.7 Å². The predicted octanol–water partition coefficient (Wildman–Crippen LogP) is 6.88. The number of halogens is 2. The van der Waals surface area contributed by atoms with Crippen molar-refractivity contribution < 1.29 is 8.78 Å². The highest BCUT2D eigenvalue weighted by Gasteiger charge is 2.50. The first kappa shape index (κ1) is 21.5. The van der Waals surface area contributed by atoms with Gasteiger partial charge in [-0.3, -0.25) is 0 Å². The smallest absolute Gasteiger partial charge is 0.136 e. The van der Waals surface area contributed by atoms with Gasteiger partial charge < -0.3 is 4.90 Å². The molecule has 162 valence electrons. The van der Waals surface area contributed by atoms with Crippen molar-refractivity contribution in [1.82, 2.24) is 4.90 Å². The van der Waals surface area contributed by atoms with Gasteiger partial charge in [0.2, 0.25) is 0 Å². The lowest BCUT2D eigenvalue weighted by molar-refractivity contribution is 0.192. The SMILES string of the molecule is CCC(CCc1c(C2(F)CC2)cccc1C1(F)CC1)N(CC)CCc1ccccc1. The monoisotopic (exact) mass is 411 g/mol. The lowest BCUT2D eigenvalue weighted by Crippen LogP contribution is -2.37. The van der Waals surface area contributed by atoms with Crippen LogP contribution >= 0.6 is 0 Å². The van der Waals surface area contributed by atoms with Crippen LogP contribution in [-0.4, -0.2) is 24.0 Å². The van der Waals surface area contributed by atoms with Gasteiger partial charge in [0, 0.05) is 12.6 Å². The summed E-state index contributed by atoms with van der Waals surface area (Å²) in [6.07, 6.45) is 6.14. The van der Waals surface area contributed by atoms with Crippen LogP contribution < -0.4 is 0 Å². The minimum absolute atomic E-state index is 0.434.